The third-order valence-electron chi connectivity index (χ3n) is 14.9. The monoisotopic (exact) mass is 958 g/mol. The first kappa shape index (κ1) is 57.2. The number of nitrogens with zero attached hydrogens (tertiary/aromatic N) is 1. The largest absolute Gasteiger partial charge is 0.460 e. The standard InChI is InChI=1S/C53H83NO14/c1-32-16-12-11-13-17-33(2)44(63-8)30-40-21-19-38(7)53(62,68-40)50(59)51(60)54-23-15-14-18-41(54)52(61)67-45(35(4)28-39-20-22-43(66-25-24-55)46(29-39)64-9)31-42(56)34(3)27-37(6)48(58)49(65-10)47(57)36(5)26-32/h11-13,16-17,27,32,34-36,38-41,43-46,48-49,55,58,62H,14-15,18-26,28-31H2,1-10H3/b13-11+,16-12+,33-17-,37-27+. The van der Waals surface area contributed by atoms with E-state index in [9.17, 15) is 39.3 Å². The number of hydrogen-bond donors (Lipinski definition) is 3. The van der Waals surface area contributed by atoms with Crippen LogP contribution in [0.4, 0.5) is 0 Å². The van der Waals surface area contributed by atoms with E-state index in [1.54, 1.807) is 41.1 Å². The summed E-state index contributed by atoms with van der Waals surface area (Å²) in [6, 6.07) is -1.14. The van der Waals surface area contributed by atoms with Crippen LogP contribution in [0.5, 0.6) is 0 Å². The number of carbonyl (C=O) groups excluding carboxylic acids is 5. The molecule has 3 heterocycles. The molecule has 0 aromatic heterocycles. The number of cyclic esters (lactones) is 1. The molecule has 0 aromatic rings. The summed E-state index contributed by atoms with van der Waals surface area (Å²) in [6.45, 7) is 12.9. The molecule has 3 fully saturated rings. The van der Waals surface area contributed by atoms with Crippen molar-refractivity contribution in [2.75, 3.05) is 41.1 Å². The maximum atomic E-state index is 14.5. The quantitative estimate of drug-likeness (QED) is 0.134. The minimum atomic E-state index is -2.43. The van der Waals surface area contributed by atoms with Gasteiger partial charge >= 0.3 is 5.97 Å². The normalized spacial score (nSPS) is 39.2. The molecule has 3 N–H and O–H groups in total. The van der Waals surface area contributed by atoms with Gasteiger partial charge in [-0.15, -0.1) is 0 Å². The van der Waals surface area contributed by atoms with Crippen LogP contribution in [0.3, 0.4) is 0 Å². The van der Waals surface area contributed by atoms with Crippen LogP contribution in [0.2, 0.25) is 0 Å². The fourth-order valence-electron chi connectivity index (χ4n) is 10.5. The first-order chi connectivity index (χ1) is 32.3. The molecule has 0 aromatic carbocycles. The van der Waals surface area contributed by atoms with Crippen molar-refractivity contribution in [1.82, 2.24) is 4.90 Å². The summed E-state index contributed by atoms with van der Waals surface area (Å²) in [4.78, 5) is 72.1. The molecule has 15 atom stereocenters. The van der Waals surface area contributed by atoms with Crippen LogP contribution in [-0.2, 0) is 52.4 Å². The molecular weight excluding hydrogens is 875 g/mol. The second kappa shape index (κ2) is 27.3. The molecular formula is C53H83NO14. The number of aliphatic hydroxyl groups excluding tert-OH is 2. The molecule has 0 radical (unpaired) electrons. The van der Waals surface area contributed by atoms with Gasteiger partial charge in [-0.1, -0.05) is 71.1 Å². The zero-order valence-electron chi connectivity index (χ0n) is 42.4. The molecule has 0 spiro atoms. The first-order valence-corrected chi connectivity index (χ1v) is 25.0. The molecule has 384 valence electrons. The van der Waals surface area contributed by atoms with Crippen molar-refractivity contribution in [2.24, 2.45) is 35.5 Å². The van der Waals surface area contributed by atoms with E-state index in [1.807, 2.05) is 58.1 Å². The highest BCUT2D eigenvalue weighted by atomic mass is 16.6. The summed E-state index contributed by atoms with van der Waals surface area (Å²) >= 11 is 0. The topological polar surface area (TPSA) is 205 Å². The third kappa shape index (κ3) is 15.3. The number of carbonyl (C=O) groups is 5. The van der Waals surface area contributed by atoms with Crippen molar-refractivity contribution in [1.29, 1.82) is 0 Å². The Hall–Kier alpha value is -3.41. The Labute approximate surface area is 405 Å². The van der Waals surface area contributed by atoms with E-state index in [1.165, 1.54) is 12.0 Å². The van der Waals surface area contributed by atoms with Crippen molar-refractivity contribution in [2.45, 2.75) is 180 Å². The van der Waals surface area contributed by atoms with E-state index in [2.05, 4.69) is 0 Å². The molecule has 4 rings (SSSR count). The lowest BCUT2D eigenvalue weighted by Crippen LogP contribution is -2.61. The number of piperidine rings is 1. The molecule has 1 aliphatic carbocycles. The molecule has 4 aliphatic rings. The van der Waals surface area contributed by atoms with Crippen molar-refractivity contribution in [3.05, 3.63) is 47.6 Å². The number of aliphatic hydroxyl groups is 3. The zero-order valence-corrected chi connectivity index (χ0v) is 42.4. The van der Waals surface area contributed by atoms with Gasteiger partial charge in [0, 0.05) is 58.5 Å². The number of ether oxygens (including phenoxy) is 6. The number of Topliss-reactive ketones (excluding diaryl/α,β-unsaturated/α-hetero) is 3. The molecule has 1 amide bonds. The lowest BCUT2D eigenvalue weighted by molar-refractivity contribution is -0.265. The highest BCUT2D eigenvalue weighted by Crippen LogP contribution is 2.38. The smallest absolute Gasteiger partial charge is 0.329 e. The molecule has 3 aliphatic heterocycles. The zero-order chi connectivity index (χ0) is 50.3. The molecule has 1 saturated carbocycles. The predicted octanol–water partition coefficient (Wildman–Crippen LogP) is 6.20. The van der Waals surface area contributed by atoms with Gasteiger partial charge in [0.15, 0.2) is 5.78 Å². The van der Waals surface area contributed by atoms with E-state index in [4.69, 9.17) is 28.4 Å². The van der Waals surface area contributed by atoms with Crippen LogP contribution in [0, 0.1) is 35.5 Å². The Balaban J connectivity index is 1.70. The number of ketones is 3. The van der Waals surface area contributed by atoms with Crippen molar-refractivity contribution in [3.8, 4) is 0 Å². The van der Waals surface area contributed by atoms with Crippen molar-refractivity contribution < 1.29 is 67.7 Å². The lowest BCUT2D eigenvalue weighted by atomic mass is 9.78. The Kier molecular flexibility index (Phi) is 22.9. The number of esters is 1. The Morgan fingerprint density at radius 3 is 2.26 bits per heavy atom. The molecule has 15 unspecified atom stereocenters. The number of allylic oxidation sites excluding steroid dienone is 6. The average Bonchev–Trinajstić information content (AvgIpc) is 3.32. The van der Waals surface area contributed by atoms with Crippen molar-refractivity contribution in [3.63, 3.8) is 0 Å². The number of hydrogen-bond acceptors (Lipinski definition) is 14. The van der Waals surface area contributed by atoms with Gasteiger partial charge in [0.05, 0.1) is 37.6 Å². The molecule has 68 heavy (non-hydrogen) atoms. The van der Waals surface area contributed by atoms with E-state index < -0.39 is 77.8 Å². The van der Waals surface area contributed by atoms with Gasteiger partial charge in [0.1, 0.15) is 30.1 Å². The van der Waals surface area contributed by atoms with E-state index in [0.29, 0.717) is 63.4 Å². The van der Waals surface area contributed by atoms with Gasteiger partial charge in [0.2, 0.25) is 5.79 Å². The summed E-state index contributed by atoms with van der Waals surface area (Å²) < 4.78 is 35.6. The summed E-state index contributed by atoms with van der Waals surface area (Å²) in [5, 5.41) is 32.8. The van der Waals surface area contributed by atoms with Crippen molar-refractivity contribution >= 4 is 29.2 Å². The summed E-state index contributed by atoms with van der Waals surface area (Å²) in [7, 11) is 4.58. The third-order valence-corrected chi connectivity index (χ3v) is 14.9. The van der Waals surface area contributed by atoms with Gasteiger partial charge in [-0.05, 0) is 107 Å². The molecule has 2 bridgehead atoms. The summed E-state index contributed by atoms with van der Waals surface area (Å²) in [5.41, 5.74) is 1.26. The van der Waals surface area contributed by atoms with Crippen LogP contribution in [0.15, 0.2) is 47.6 Å². The van der Waals surface area contributed by atoms with Gasteiger partial charge in [-0.3, -0.25) is 19.2 Å². The van der Waals surface area contributed by atoms with E-state index in [0.717, 1.165) is 12.0 Å². The SMILES string of the molecule is COC1CC2CCC(C)C(O)(O2)C(=O)C(=O)N2CCCCC2C(=O)OC(C(C)CC2CCC(OCCO)C(OC)C2)CC(=O)C(C)/C=C(\C)C(O)C(OC)C(=O)C(C)CC(C)/C=C/C=C/C=C\1C. The van der Waals surface area contributed by atoms with E-state index >= 15 is 0 Å². The average molecular weight is 958 g/mol. The minimum absolute atomic E-state index is 0.0158. The fourth-order valence-corrected chi connectivity index (χ4v) is 10.5. The van der Waals surface area contributed by atoms with Crippen LogP contribution in [0.25, 0.3) is 0 Å². The van der Waals surface area contributed by atoms with E-state index in [-0.39, 0.29) is 74.1 Å². The maximum Gasteiger partial charge on any atom is 0.329 e. The minimum Gasteiger partial charge on any atom is -0.460 e. The number of amides is 1. The van der Waals surface area contributed by atoms with Gasteiger partial charge < -0.3 is 48.6 Å². The fraction of sp³-hybridized carbons (Fsp3) is 0.755. The number of methoxy groups -OCH3 is 3. The van der Waals surface area contributed by atoms with Crippen LogP contribution in [-0.4, -0.2) is 145 Å². The summed E-state index contributed by atoms with van der Waals surface area (Å²) in [5.74, 6) is -7.96. The van der Waals surface area contributed by atoms with Gasteiger partial charge in [-0.25, -0.2) is 4.79 Å². The van der Waals surface area contributed by atoms with Crippen LogP contribution < -0.4 is 0 Å². The lowest BCUT2D eigenvalue weighted by Gasteiger charge is -2.42. The molecule has 2 saturated heterocycles. The van der Waals surface area contributed by atoms with Crippen LogP contribution >= 0.6 is 0 Å². The summed E-state index contributed by atoms with van der Waals surface area (Å²) in [6.07, 6.45) is 12.0. The number of rotatable bonds is 9. The molecule has 15 nitrogen and oxygen atoms in total. The second-order valence-electron chi connectivity index (χ2n) is 20.2. The predicted molar refractivity (Wildman–Crippen MR) is 256 cm³/mol. The van der Waals surface area contributed by atoms with Crippen LogP contribution in [0.1, 0.15) is 126 Å². The maximum absolute atomic E-state index is 14.5. The Bertz CT molecular complexity index is 1810. The number of fused-ring (bicyclic) bond motifs is 3. The highest BCUT2D eigenvalue weighted by molar-refractivity contribution is 6.39. The first-order valence-electron chi connectivity index (χ1n) is 25.0. The molecule has 15 heteroatoms. The van der Waals surface area contributed by atoms with Gasteiger partial charge in [-0.2, -0.15) is 0 Å². The van der Waals surface area contributed by atoms with Gasteiger partial charge in [0.25, 0.3) is 11.7 Å². The Morgan fingerprint density at radius 2 is 1.59 bits per heavy atom. The Morgan fingerprint density at radius 1 is 0.853 bits per heavy atom. The second-order valence-corrected chi connectivity index (χ2v) is 20.2. The highest BCUT2D eigenvalue weighted by Gasteiger charge is 2.53.